The van der Waals surface area contributed by atoms with Gasteiger partial charge in [0.25, 0.3) is 0 Å². The highest BCUT2D eigenvalue weighted by molar-refractivity contribution is 8.93. The monoisotopic (exact) mass is 393 g/mol. The van der Waals surface area contributed by atoms with E-state index in [9.17, 15) is 5.11 Å². The van der Waals surface area contributed by atoms with Gasteiger partial charge in [0.2, 0.25) is 0 Å². The lowest BCUT2D eigenvalue weighted by Gasteiger charge is -2.11. The second kappa shape index (κ2) is 9.82. The molecule has 0 aliphatic rings. The predicted molar refractivity (Wildman–Crippen MR) is 104 cm³/mol. The molecule has 0 amide bonds. The van der Waals surface area contributed by atoms with Crippen molar-refractivity contribution in [2.24, 2.45) is 10.7 Å². The van der Waals surface area contributed by atoms with E-state index in [4.69, 9.17) is 10.5 Å². The molecule has 0 bridgehead atoms. The zero-order valence-electron chi connectivity index (χ0n) is 14.0. The molecule has 0 atom stereocenters. The summed E-state index contributed by atoms with van der Waals surface area (Å²) in [5.74, 6) is 1.31. The number of aromatic hydroxyl groups is 1. The van der Waals surface area contributed by atoms with Crippen molar-refractivity contribution < 1.29 is 9.84 Å². The number of hydrogen-bond donors (Lipinski definition) is 3. The lowest BCUT2D eigenvalue weighted by molar-refractivity contribution is 0.314. The number of nitrogens with one attached hydrogen (secondary N) is 1. The van der Waals surface area contributed by atoms with Gasteiger partial charge in [-0.05, 0) is 37.1 Å². The molecule has 0 radical (unpaired) electrons. The summed E-state index contributed by atoms with van der Waals surface area (Å²) < 4.78 is 5.77. The third-order valence-electron chi connectivity index (χ3n) is 3.22. The molecule has 0 heterocycles. The van der Waals surface area contributed by atoms with Crippen LogP contribution in [0.4, 0.5) is 5.69 Å². The first kappa shape index (κ1) is 19.8. The predicted octanol–water partition coefficient (Wildman–Crippen LogP) is 3.99. The van der Waals surface area contributed by atoms with Crippen LogP contribution in [0, 0.1) is 6.92 Å². The number of nitrogens with two attached hydrogens (primary N) is 1. The molecule has 2 aromatic rings. The van der Waals surface area contributed by atoms with Crippen LogP contribution in [0.2, 0.25) is 0 Å². The number of guanidine groups is 1. The quantitative estimate of drug-likeness (QED) is 0.511. The summed E-state index contributed by atoms with van der Waals surface area (Å²) in [6.07, 6.45) is 0.956. The number of aryl methyl sites for hydroxylation is 1. The maximum absolute atomic E-state index is 9.44. The van der Waals surface area contributed by atoms with E-state index in [1.807, 2.05) is 31.2 Å². The largest absolute Gasteiger partial charge is 0.508 e. The van der Waals surface area contributed by atoms with Gasteiger partial charge in [-0.2, -0.15) is 0 Å². The van der Waals surface area contributed by atoms with E-state index in [-0.39, 0.29) is 28.7 Å². The fourth-order valence-electron chi connectivity index (χ4n) is 2.08. The minimum atomic E-state index is 0. The van der Waals surface area contributed by atoms with Crippen molar-refractivity contribution in [1.29, 1.82) is 0 Å². The number of aliphatic imine (C=N–C) groups is 1. The standard InChI is InChI=1S/C18H23N3O2.BrH/c1-3-9-23-17-10-13(2)7-8-14(17)12-20-18(19)21-15-5-4-6-16(22)11-15;/h4-8,10-11,22H,3,9,12H2,1-2H3,(H3,19,20,21);1H. The molecule has 0 fully saturated rings. The Morgan fingerprint density at radius 2 is 2.04 bits per heavy atom. The number of ether oxygens (including phenoxy) is 1. The van der Waals surface area contributed by atoms with Crippen molar-refractivity contribution >= 4 is 28.6 Å². The number of phenolic OH excluding ortho intramolecular Hbond substituents is 1. The zero-order chi connectivity index (χ0) is 16.7. The summed E-state index contributed by atoms with van der Waals surface area (Å²) in [4.78, 5) is 4.34. The average molecular weight is 394 g/mol. The Bertz CT molecular complexity index is 690. The minimum absolute atomic E-state index is 0. The topological polar surface area (TPSA) is 79.9 Å². The SMILES string of the molecule is Br.CCCOc1cc(C)ccc1CN=C(N)Nc1cccc(O)c1. The molecule has 0 saturated heterocycles. The van der Waals surface area contributed by atoms with Crippen LogP contribution >= 0.6 is 17.0 Å². The molecular formula is C18H24BrN3O2. The van der Waals surface area contributed by atoms with E-state index < -0.39 is 0 Å². The molecule has 0 aliphatic carbocycles. The van der Waals surface area contributed by atoms with Crippen molar-refractivity contribution in [3.8, 4) is 11.5 Å². The average Bonchev–Trinajstić information content (AvgIpc) is 2.52. The van der Waals surface area contributed by atoms with Crippen LogP contribution in [0.15, 0.2) is 47.5 Å². The molecule has 0 aromatic heterocycles. The van der Waals surface area contributed by atoms with Crippen LogP contribution in [-0.2, 0) is 6.54 Å². The Morgan fingerprint density at radius 1 is 1.25 bits per heavy atom. The molecule has 130 valence electrons. The van der Waals surface area contributed by atoms with Crippen molar-refractivity contribution in [1.82, 2.24) is 0 Å². The Hall–Kier alpha value is -2.21. The summed E-state index contributed by atoms with van der Waals surface area (Å²) in [5.41, 5.74) is 8.73. The molecule has 0 aliphatic heterocycles. The Morgan fingerprint density at radius 3 is 2.75 bits per heavy atom. The van der Waals surface area contributed by atoms with E-state index in [1.165, 1.54) is 0 Å². The van der Waals surface area contributed by atoms with Gasteiger partial charge in [0.1, 0.15) is 11.5 Å². The summed E-state index contributed by atoms with van der Waals surface area (Å²) in [6, 6.07) is 12.8. The smallest absolute Gasteiger partial charge is 0.193 e. The Balaban J connectivity index is 0.00000288. The first-order valence-corrected chi connectivity index (χ1v) is 7.66. The van der Waals surface area contributed by atoms with Crippen LogP contribution in [-0.4, -0.2) is 17.7 Å². The lowest BCUT2D eigenvalue weighted by atomic mass is 10.1. The molecule has 4 N–H and O–H groups in total. The van der Waals surface area contributed by atoms with E-state index in [0.717, 1.165) is 23.3 Å². The fourth-order valence-corrected chi connectivity index (χ4v) is 2.08. The van der Waals surface area contributed by atoms with Crippen molar-refractivity contribution in [3.05, 3.63) is 53.6 Å². The molecule has 0 unspecified atom stereocenters. The van der Waals surface area contributed by atoms with Gasteiger partial charge in [-0.25, -0.2) is 4.99 Å². The third kappa shape index (κ3) is 6.12. The van der Waals surface area contributed by atoms with Gasteiger partial charge in [0.15, 0.2) is 5.96 Å². The number of hydrogen-bond acceptors (Lipinski definition) is 3. The number of anilines is 1. The van der Waals surface area contributed by atoms with Crippen LogP contribution in [0.1, 0.15) is 24.5 Å². The highest BCUT2D eigenvalue weighted by atomic mass is 79.9. The number of rotatable bonds is 6. The van der Waals surface area contributed by atoms with Crippen molar-refractivity contribution in [3.63, 3.8) is 0 Å². The first-order chi connectivity index (χ1) is 11.1. The Labute approximate surface area is 153 Å². The van der Waals surface area contributed by atoms with Crippen molar-refractivity contribution in [2.75, 3.05) is 11.9 Å². The van der Waals surface area contributed by atoms with Gasteiger partial charge in [-0.15, -0.1) is 17.0 Å². The van der Waals surface area contributed by atoms with E-state index >= 15 is 0 Å². The van der Waals surface area contributed by atoms with Crippen LogP contribution in [0.5, 0.6) is 11.5 Å². The summed E-state index contributed by atoms with van der Waals surface area (Å²) in [7, 11) is 0. The fraction of sp³-hybridized carbons (Fsp3) is 0.278. The second-order valence-corrected chi connectivity index (χ2v) is 5.34. The highest BCUT2D eigenvalue weighted by Crippen LogP contribution is 2.21. The van der Waals surface area contributed by atoms with Crippen LogP contribution in [0.3, 0.4) is 0 Å². The summed E-state index contributed by atoms with van der Waals surface area (Å²) in [6.45, 7) is 5.21. The van der Waals surface area contributed by atoms with Gasteiger partial charge in [-0.3, -0.25) is 0 Å². The number of nitrogens with zero attached hydrogens (tertiary/aromatic N) is 1. The minimum Gasteiger partial charge on any atom is -0.508 e. The molecule has 0 spiro atoms. The highest BCUT2D eigenvalue weighted by Gasteiger charge is 2.04. The molecule has 6 heteroatoms. The normalized spacial score (nSPS) is 10.8. The number of phenols is 1. The zero-order valence-corrected chi connectivity index (χ0v) is 15.7. The second-order valence-electron chi connectivity index (χ2n) is 5.34. The first-order valence-electron chi connectivity index (χ1n) is 7.66. The van der Waals surface area contributed by atoms with Crippen LogP contribution in [0.25, 0.3) is 0 Å². The van der Waals surface area contributed by atoms with E-state index in [1.54, 1.807) is 18.2 Å². The molecular weight excluding hydrogens is 370 g/mol. The molecule has 24 heavy (non-hydrogen) atoms. The summed E-state index contributed by atoms with van der Waals surface area (Å²) >= 11 is 0. The summed E-state index contributed by atoms with van der Waals surface area (Å²) in [5, 5.41) is 12.4. The molecule has 5 nitrogen and oxygen atoms in total. The van der Waals surface area contributed by atoms with E-state index in [2.05, 4.69) is 17.2 Å². The molecule has 0 saturated carbocycles. The maximum Gasteiger partial charge on any atom is 0.193 e. The maximum atomic E-state index is 9.44. The molecule has 2 rings (SSSR count). The van der Waals surface area contributed by atoms with Gasteiger partial charge >= 0.3 is 0 Å². The molecule has 2 aromatic carbocycles. The van der Waals surface area contributed by atoms with Gasteiger partial charge in [0.05, 0.1) is 13.2 Å². The van der Waals surface area contributed by atoms with E-state index in [0.29, 0.717) is 18.8 Å². The van der Waals surface area contributed by atoms with Gasteiger partial charge in [-0.1, -0.05) is 25.1 Å². The Kier molecular flexibility index (Phi) is 8.12. The van der Waals surface area contributed by atoms with Gasteiger partial charge < -0.3 is 20.9 Å². The number of halogens is 1. The van der Waals surface area contributed by atoms with Crippen LogP contribution < -0.4 is 15.8 Å². The number of benzene rings is 2. The van der Waals surface area contributed by atoms with Crippen molar-refractivity contribution in [2.45, 2.75) is 26.8 Å². The lowest BCUT2D eigenvalue weighted by Crippen LogP contribution is -2.22. The third-order valence-corrected chi connectivity index (χ3v) is 3.22. The van der Waals surface area contributed by atoms with Gasteiger partial charge in [0, 0.05) is 17.3 Å².